The summed E-state index contributed by atoms with van der Waals surface area (Å²) in [6.07, 6.45) is 3.30. The molecule has 23 heavy (non-hydrogen) atoms. The van der Waals surface area contributed by atoms with Crippen LogP contribution in [0.1, 0.15) is 32.8 Å². The van der Waals surface area contributed by atoms with E-state index in [1.54, 1.807) is 23.3 Å². The van der Waals surface area contributed by atoms with Gasteiger partial charge in [0.05, 0.1) is 13.1 Å². The molecule has 0 saturated carbocycles. The number of thiophene rings is 1. The molecule has 4 nitrogen and oxygen atoms in total. The Morgan fingerprint density at radius 3 is 2.83 bits per heavy atom. The molecule has 1 aromatic heterocycles. The Labute approximate surface area is 140 Å². The van der Waals surface area contributed by atoms with E-state index < -0.39 is 0 Å². The Morgan fingerprint density at radius 1 is 1.22 bits per heavy atom. The van der Waals surface area contributed by atoms with Crippen molar-refractivity contribution in [1.82, 2.24) is 10.2 Å². The molecule has 0 fully saturated rings. The minimum Gasteiger partial charge on any atom is -0.343 e. The van der Waals surface area contributed by atoms with E-state index in [2.05, 4.69) is 5.32 Å². The standard InChI is InChI=1S/C18H20N2O2S/c1-20(12-16-6-3-9-23-16)17(21)11-19-18(22)15-8-7-13-4-2-5-14(13)10-15/h3,6-10H,2,4-5,11-12H2,1H3,(H,19,22). The van der Waals surface area contributed by atoms with Crippen molar-refractivity contribution in [3.63, 3.8) is 0 Å². The second-order valence-corrected chi connectivity index (χ2v) is 6.88. The molecule has 0 bridgehead atoms. The highest BCUT2D eigenvalue weighted by Crippen LogP contribution is 2.22. The maximum absolute atomic E-state index is 12.2. The summed E-state index contributed by atoms with van der Waals surface area (Å²) < 4.78 is 0. The number of rotatable bonds is 5. The molecule has 0 spiro atoms. The smallest absolute Gasteiger partial charge is 0.251 e. The number of likely N-dealkylation sites (N-methyl/N-ethyl adjacent to an activating group) is 1. The normalized spacial score (nSPS) is 12.7. The first-order valence-corrected chi connectivity index (χ1v) is 8.68. The lowest BCUT2D eigenvalue weighted by atomic mass is 10.1. The van der Waals surface area contributed by atoms with Gasteiger partial charge < -0.3 is 10.2 Å². The number of nitrogens with one attached hydrogen (secondary N) is 1. The molecular weight excluding hydrogens is 308 g/mol. The molecule has 1 aliphatic rings. The average molecular weight is 328 g/mol. The molecule has 0 unspecified atom stereocenters. The summed E-state index contributed by atoms with van der Waals surface area (Å²) in [6, 6.07) is 9.80. The van der Waals surface area contributed by atoms with Gasteiger partial charge in [-0.05, 0) is 54.0 Å². The van der Waals surface area contributed by atoms with Gasteiger partial charge in [0.15, 0.2) is 0 Å². The second kappa shape index (κ2) is 6.96. The molecule has 0 aliphatic heterocycles. The number of fused-ring (bicyclic) bond motifs is 1. The largest absolute Gasteiger partial charge is 0.343 e. The summed E-state index contributed by atoms with van der Waals surface area (Å²) >= 11 is 1.62. The van der Waals surface area contributed by atoms with Crippen LogP contribution < -0.4 is 5.32 Å². The van der Waals surface area contributed by atoms with Gasteiger partial charge in [0.25, 0.3) is 5.91 Å². The zero-order valence-electron chi connectivity index (χ0n) is 13.2. The lowest BCUT2D eigenvalue weighted by Crippen LogP contribution is -2.37. The van der Waals surface area contributed by atoms with E-state index in [1.165, 1.54) is 11.1 Å². The van der Waals surface area contributed by atoms with Crippen molar-refractivity contribution < 1.29 is 9.59 Å². The summed E-state index contributed by atoms with van der Waals surface area (Å²) in [7, 11) is 1.75. The van der Waals surface area contributed by atoms with Gasteiger partial charge in [0.1, 0.15) is 0 Å². The number of hydrogen-bond donors (Lipinski definition) is 1. The van der Waals surface area contributed by atoms with Crippen molar-refractivity contribution in [2.45, 2.75) is 25.8 Å². The predicted octanol–water partition coefficient (Wildman–Crippen LogP) is 2.63. The van der Waals surface area contributed by atoms with Crippen LogP contribution in [0.15, 0.2) is 35.7 Å². The Morgan fingerprint density at radius 2 is 2.04 bits per heavy atom. The fourth-order valence-corrected chi connectivity index (χ4v) is 3.59. The van der Waals surface area contributed by atoms with Crippen LogP contribution in [0, 0.1) is 0 Å². The number of nitrogens with zero attached hydrogens (tertiary/aromatic N) is 1. The highest BCUT2D eigenvalue weighted by molar-refractivity contribution is 7.09. The molecule has 0 atom stereocenters. The van der Waals surface area contributed by atoms with Crippen molar-refractivity contribution in [3.8, 4) is 0 Å². The Kier molecular flexibility index (Phi) is 4.76. The van der Waals surface area contributed by atoms with Gasteiger partial charge in [-0.2, -0.15) is 0 Å². The van der Waals surface area contributed by atoms with E-state index in [0.717, 1.165) is 24.1 Å². The fraction of sp³-hybridized carbons (Fsp3) is 0.333. The quantitative estimate of drug-likeness (QED) is 0.917. The molecule has 1 N–H and O–H groups in total. The minimum absolute atomic E-state index is 0.0256. The maximum Gasteiger partial charge on any atom is 0.251 e. The molecule has 2 aromatic rings. The molecule has 2 amide bonds. The van der Waals surface area contributed by atoms with Crippen molar-refractivity contribution in [1.29, 1.82) is 0 Å². The summed E-state index contributed by atoms with van der Waals surface area (Å²) in [6.45, 7) is 0.600. The number of amides is 2. The second-order valence-electron chi connectivity index (χ2n) is 5.85. The third-order valence-electron chi connectivity index (χ3n) is 4.16. The number of hydrogen-bond acceptors (Lipinski definition) is 3. The van der Waals surface area contributed by atoms with E-state index in [0.29, 0.717) is 12.1 Å². The lowest BCUT2D eigenvalue weighted by molar-refractivity contribution is -0.129. The minimum atomic E-state index is -0.183. The van der Waals surface area contributed by atoms with E-state index >= 15 is 0 Å². The van der Waals surface area contributed by atoms with Gasteiger partial charge in [-0.15, -0.1) is 11.3 Å². The molecular formula is C18H20N2O2S. The van der Waals surface area contributed by atoms with Crippen molar-refractivity contribution >= 4 is 23.2 Å². The Hall–Kier alpha value is -2.14. The molecule has 1 aliphatic carbocycles. The van der Waals surface area contributed by atoms with Gasteiger partial charge in [-0.25, -0.2) is 0 Å². The van der Waals surface area contributed by atoms with Gasteiger partial charge in [-0.3, -0.25) is 9.59 Å². The Bertz CT molecular complexity index is 710. The van der Waals surface area contributed by atoms with Crippen molar-refractivity contribution in [2.24, 2.45) is 0 Å². The third kappa shape index (κ3) is 3.79. The summed E-state index contributed by atoms with van der Waals surface area (Å²) in [4.78, 5) is 27.1. The number of aryl methyl sites for hydroxylation is 2. The van der Waals surface area contributed by atoms with Crippen molar-refractivity contribution in [2.75, 3.05) is 13.6 Å². The first-order chi connectivity index (χ1) is 11.1. The predicted molar refractivity (Wildman–Crippen MR) is 91.6 cm³/mol. The number of carbonyl (C=O) groups excluding carboxylic acids is 2. The fourth-order valence-electron chi connectivity index (χ4n) is 2.83. The molecule has 0 saturated heterocycles. The van der Waals surface area contributed by atoms with Gasteiger partial charge in [-0.1, -0.05) is 12.1 Å². The monoisotopic (exact) mass is 328 g/mol. The summed E-state index contributed by atoms with van der Waals surface area (Å²) in [5.41, 5.74) is 3.24. The highest BCUT2D eigenvalue weighted by atomic mass is 32.1. The van der Waals surface area contributed by atoms with E-state index in [-0.39, 0.29) is 18.4 Å². The first-order valence-electron chi connectivity index (χ1n) is 7.80. The molecule has 5 heteroatoms. The molecule has 1 aromatic carbocycles. The molecule has 120 valence electrons. The van der Waals surface area contributed by atoms with E-state index in [4.69, 9.17) is 0 Å². The van der Waals surface area contributed by atoms with Crippen LogP contribution in [0.3, 0.4) is 0 Å². The van der Waals surface area contributed by atoms with Crippen LogP contribution in [-0.4, -0.2) is 30.3 Å². The SMILES string of the molecule is CN(Cc1cccs1)C(=O)CNC(=O)c1ccc2c(c1)CCC2. The van der Waals surface area contributed by atoms with Crippen LogP contribution >= 0.6 is 11.3 Å². The average Bonchev–Trinajstić information content (AvgIpc) is 3.22. The molecule has 3 rings (SSSR count). The Balaban J connectivity index is 1.53. The van der Waals surface area contributed by atoms with Crippen molar-refractivity contribution in [3.05, 3.63) is 57.3 Å². The topological polar surface area (TPSA) is 49.4 Å². The van der Waals surface area contributed by atoms with E-state index in [1.807, 2.05) is 35.7 Å². The summed E-state index contributed by atoms with van der Waals surface area (Å²) in [5.74, 6) is -0.273. The molecule has 0 radical (unpaired) electrons. The van der Waals surface area contributed by atoms with Gasteiger partial charge >= 0.3 is 0 Å². The highest BCUT2D eigenvalue weighted by Gasteiger charge is 2.15. The number of benzene rings is 1. The van der Waals surface area contributed by atoms with Crippen LogP contribution in [0.2, 0.25) is 0 Å². The summed E-state index contributed by atoms with van der Waals surface area (Å²) in [5, 5.41) is 4.71. The van der Waals surface area contributed by atoms with E-state index in [9.17, 15) is 9.59 Å². The molecule has 1 heterocycles. The first kappa shape index (κ1) is 15.7. The van der Waals surface area contributed by atoms with Gasteiger partial charge in [0.2, 0.25) is 5.91 Å². The zero-order valence-corrected chi connectivity index (χ0v) is 14.0. The van der Waals surface area contributed by atoms with Crippen LogP contribution in [0.5, 0.6) is 0 Å². The zero-order chi connectivity index (χ0) is 16.2. The third-order valence-corrected chi connectivity index (χ3v) is 5.02. The number of carbonyl (C=O) groups is 2. The van der Waals surface area contributed by atoms with Gasteiger partial charge in [0, 0.05) is 17.5 Å². The lowest BCUT2D eigenvalue weighted by Gasteiger charge is -2.16. The maximum atomic E-state index is 12.2. The van der Waals surface area contributed by atoms with Crippen LogP contribution in [0.4, 0.5) is 0 Å². The van der Waals surface area contributed by atoms with Crippen LogP contribution in [-0.2, 0) is 24.2 Å². The van der Waals surface area contributed by atoms with Crippen LogP contribution in [0.25, 0.3) is 0 Å².